The van der Waals surface area contributed by atoms with Crippen LogP contribution in [0.15, 0.2) is 18.2 Å². The first-order valence-electron chi connectivity index (χ1n) is 7.62. The molecule has 1 heterocycles. The molecule has 1 aromatic rings. The average molecular weight is 296 g/mol. The molecule has 3 nitrogen and oxygen atoms in total. The van der Waals surface area contributed by atoms with Crippen molar-refractivity contribution < 1.29 is 0 Å². The van der Waals surface area contributed by atoms with Crippen LogP contribution in [0.3, 0.4) is 0 Å². The third-order valence-corrected chi connectivity index (χ3v) is 4.63. The van der Waals surface area contributed by atoms with Crippen LogP contribution in [0.5, 0.6) is 0 Å². The summed E-state index contributed by atoms with van der Waals surface area (Å²) in [5, 5.41) is 4.09. The number of rotatable bonds is 6. The summed E-state index contributed by atoms with van der Waals surface area (Å²) in [5.41, 5.74) is 2.51. The van der Waals surface area contributed by atoms with Crippen LogP contribution in [0.4, 0.5) is 5.69 Å². The highest BCUT2D eigenvalue weighted by molar-refractivity contribution is 6.31. The van der Waals surface area contributed by atoms with Gasteiger partial charge in [-0.3, -0.25) is 4.90 Å². The minimum Gasteiger partial charge on any atom is -0.370 e. The molecule has 1 aliphatic rings. The number of hydrogen-bond acceptors (Lipinski definition) is 3. The van der Waals surface area contributed by atoms with Crippen molar-refractivity contribution in [3.8, 4) is 0 Å². The van der Waals surface area contributed by atoms with E-state index in [1.165, 1.54) is 17.7 Å². The molecule has 1 aliphatic heterocycles. The maximum atomic E-state index is 6.36. The number of nitrogens with one attached hydrogen (secondary N) is 1. The lowest BCUT2D eigenvalue weighted by atomic mass is 10.1. The van der Waals surface area contributed by atoms with E-state index in [9.17, 15) is 0 Å². The van der Waals surface area contributed by atoms with Crippen LogP contribution >= 0.6 is 11.6 Å². The Hall–Kier alpha value is -0.770. The Balaban J connectivity index is 2.15. The molecule has 2 rings (SSSR count). The monoisotopic (exact) mass is 295 g/mol. The molecule has 4 heteroatoms. The number of benzene rings is 1. The summed E-state index contributed by atoms with van der Waals surface area (Å²) < 4.78 is 0. The minimum atomic E-state index is 0.673. The first-order valence-corrected chi connectivity index (χ1v) is 8.00. The molecule has 1 fully saturated rings. The van der Waals surface area contributed by atoms with Gasteiger partial charge in [-0.25, -0.2) is 0 Å². The van der Waals surface area contributed by atoms with E-state index < -0.39 is 0 Å². The van der Waals surface area contributed by atoms with Gasteiger partial charge in [-0.15, -0.1) is 0 Å². The van der Waals surface area contributed by atoms with E-state index in [4.69, 9.17) is 11.6 Å². The van der Waals surface area contributed by atoms with Crippen LogP contribution in [0.2, 0.25) is 5.02 Å². The Morgan fingerprint density at radius 3 is 2.75 bits per heavy atom. The zero-order valence-corrected chi connectivity index (χ0v) is 13.6. The summed E-state index contributed by atoms with van der Waals surface area (Å²) in [4.78, 5) is 5.05. The van der Waals surface area contributed by atoms with Crippen molar-refractivity contribution in [2.75, 3.05) is 38.1 Å². The van der Waals surface area contributed by atoms with E-state index in [1.54, 1.807) is 0 Å². The lowest BCUT2D eigenvalue weighted by Gasteiger charge is -2.27. The van der Waals surface area contributed by atoms with E-state index in [2.05, 4.69) is 41.1 Å². The Bertz CT molecular complexity index is 432. The molecule has 1 unspecified atom stereocenters. The first-order chi connectivity index (χ1) is 9.71. The number of anilines is 1. The molecule has 1 atom stereocenters. The van der Waals surface area contributed by atoms with E-state index in [1.807, 2.05) is 13.1 Å². The largest absolute Gasteiger partial charge is 0.370 e. The molecular weight excluding hydrogens is 270 g/mol. The lowest BCUT2D eigenvalue weighted by Crippen LogP contribution is -2.37. The summed E-state index contributed by atoms with van der Waals surface area (Å²) in [6, 6.07) is 6.91. The van der Waals surface area contributed by atoms with Crippen LogP contribution in [-0.2, 0) is 6.54 Å². The Labute approximate surface area is 127 Å². The normalized spacial score (nSPS) is 19.1. The van der Waals surface area contributed by atoms with Crippen LogP contribution in [0.25, 0.3) is 0 Å². The highest BCUT2D eigenvalue weighted by atomic mass is 35.5. The Kier molecular flexibility index (Phi) is 5.70. The summed E-state index contributed by atoms with van der Waals surface area (Å²) in [6.45, 7) is 9.82. The molecule has 0 saturated carbocycles. The van der Waals surface area contributed by atoms with Crippen molar-refractivity contribution in [2.45, 2.75) is 32.9 Å². The molecule has 0 amide bonds. The Morgan fingerprint density at radius 1 is 1.35 bits per heavy atom. The van der Waals surface area contributed by atoms with Gasteiger partial charge in [0.05, 0.1) is 0 Å². The maximum absolute atomic E-state index is 6.36. The van der Waals surface area contributed by atoms with Crippen LogP contribution in [0.1, 0.15) is 25.8 Å². The summed E-state index contributed by atoms with van der Waals surface area (Å²) >= 11 is 6.36. The molecule has 1 N–H and O–H groups in total. The maximum Gasteiger partial charge on any atom is 0.0471 e. The summed E-state index contributed by atoms with van der Waals surface area (Å²) in [6.07, 6.45) is 1.24. The second kappa shape index (κ2) is 7.30. The molecule has 20 heavy (non-hydrogen) atoms. The van der Waals surface area contributed by atoms with Crippen molar-refractivity contribution in [3.63, 3.8) is 0 Å². The zero-order chi connectivity index (χ0) is 14.5. The van der Waals surface area contributed by atoms with Crippen LogP contribution in [0, 0.1) is 0 Å². The van der Waals surface area contributed by atoms with Gasteiger partial charge < -0.3 is 10.2 Å². The van der Waals surface area contributed by atoms with Gasteiger partial charge >= 0.3 is 0 Å². The van der Waals surface area contributed by atoms with Crippen molar-refractivity contribution >= 4 is 17.3 Å². The van der Waals surface area contributed by atoms with E-state index in [0.717, 1.165) is 37.7 Å². The van der Waals surface area contributed by atoms with Gasteiger partial charge in [0.25, 0.3) is 0 Å². The van der Waals surface area contributed by atoms with Crippen LogP contribution in [-0.4, -0.2) is 44.2 Å². The van der Waals surface area contributed by atoms with Crippen molar-refractivity contribution in [3.05, 3.63) is 28.8 Å². The quantitative estimate of drug-likeness (QED) is 0.870. The zero-order valence-electron chi connectivity index (χ0n) is 12.8. The fraction of sp³-hybridized carbons (Fsp3) is 0.625. The van der Waals surface area contributed by atoms with Crippen molar-refractivity contribution in [2.24, 2.45) is 0 Å². The van der Waals surface area contributed by atoms with Crippen molar-refractivity contribution in [1.82, 2.24) is 10.2 Å². The standard InChI is InChI=1S/C16H26ClN3/c1-4-19(5-2)13-9-10-20(12-13)16-8-6-7-15(17)14(16)11-18-3/h6-8,13,18H,4-5,9-12H2,1-3H3. The van der Waals surface area contributed by atoms with Gasteiger partial charge in [0.1, 0.15) is 0 Å². The molecule has 0 bridgehead atoms. The molecule has 1 aromatic carbocycles. The van der Waals surface area contributed by atoms with Gasteiger partial charge in [-0.2, -0.15) is 0 Å². The van der Waals surface area contributed by atoms with Gasteiger partial charge in [-0.1, -0.05) is 31.5 Å². The second-order valence-electron chi connectivity index (χ2n) is 5.38. The molecule has 0 aliphatic carbocycles. The SMILES string of the molecule is CCN(CC)C1CCN(c2cccc(Cl)c2CNC)C1. The minimum absolute atomic E-state index is 0.673. The van der Waals surface area contributed by atoms with Crippen LogP contribution < -0.4 is 10.2 Å². The molecular formula is C16H26ClN3. The van der Waals surface area contributed by atoms with Crippen molar-refractivity contribution in [1.29, 1.82) is 0 Å². The molecule has 1 saturated heterocycles. The highest BCUT2D eigenvalue weighted by Crippen LogP contribution is 2.30. The second-order valence-corrected chi connectivity index (χ2v) is 5.78. The topological polar surface area (TPSA) is 18.5 Å². The third-order valence-electron chi connectivity index (χ3n) is 4.28. The number of likely N-dealkylation sites (N-methyl/N-ethyl adjacent to an activating group) is 1. The lowest BCUT2D eigenvalue weighted by molar-refractivity contribution is 0.232. The van der Waals surface area contributed by atoms with Gasteiger partial charge in [-0.05, 0) is 38.7 Å². The number of halogens is 1. The molecule has 0 radical (unpaired) electrons. The molecule has 0 spiro atoms. The predicted octanol–water partition coefficient (Wildman–Crippen LogP) is 2.98. The molecule has 0 aromatic heterocycles. The van der Waals surface area contributed by atoms with E-state index >= 15 is 0 Å². The van der Waals surface area contributed by atoms with E-state index in [-0.39, 0.29) is 0 Å². The van der Waals surface area contributed by atoms with Gasteiger partial charge in [0.2, 0.25) is 0 Å². The van der Waals surface area contributed by atoms with Gasteiger partial charge in [0, 0.05) is 41.9 Å². The molecule has 112 valence electrons. The van der Waals surface area contributed by atoms with Gasteiger partial charge in [0.15, 0.2) is 0 Å². The number of hydrogen-bond donors (Lipinski definition) is 1. The first kappa shape index (κ1) is 15.6. The number of nitrogens with zero attached hydrogens (tertiary/aromatic N) is 2. The smallest absolute Gasteiger partial charge is 0.0471 e. The predicted molar refractivity (Wildman–Crippen MR) is 87.8 cm³/mol. The Morgan fingerprint density at radius 2 is 2.10 bits per heavy atom. The van der Waals surface area contributed by atoms with E-state index in [0.29, 0.717) is 6.04 Å². The fourth-order valence-electron chi connectivity index (χ4n) is 3.19. The highest BCUT2D eigenvalue weighted by Gasteiger charge is 2.27. The fourth-order valence-corrected chi connectivity index (χ4v) is 3.43. The summed E-state index contributed by atoms with van der Waals surface area (Å²) in [7, 11) is 1.97. The summed E-state index contributed by atoms with van der Waals surface area (Å²) in [5.74, 6) is 0. The third kappa shape index (κ3) is 3.27. The average Bonchev–Trinajstić information content (AvgIpc) is 2.92.